The molecule has 1 unspecified atom stereocenters. The van der Waals surface area contributed by atoms with Crippen molar-refractivity contribution in [3.8, 4) is 0 Å². The highest BCUT2D eigenvalue weighted by molar-refractivity contribution is 5.05. The van der Waals surface area contributed by atoms with Crippen LogP contribution in [0.1, 0.15) is 24.8 Å². The molecule has 1 saturated heterocycles. The summed E-state index contributed by atoms with van der Waals surface area (Å²) in [5.41, 5.74) is 6.31. The van der Waals surface area contributed by atoms with E-state index in [1.165, 1.54) is 0 Å². The topological polar surface area (TPSA) is 64.5 Å². The van der Waals surface area contributed by atoms with Crippen LogP contribution in [-0.4, -0.2) is 35.9 Å². The first-order valence-corrected chi connectivity index (χ1v) is 5.79. The Labute approximate surface area is 95.5 Å². The van der Waals surface area contributed by atoms with E-state index in [0.29, 0.717) is 12.6 Å². The van der Waals surface area contributed by atoms with Crippen LogP contribution in [0.25, 0.3) is 0 Å². The Morgan fingerprint density at radius 1 is 1.62 bits per heavy atom. The molecule has 1 aromatic rings. The second-order valence-corrected chi connectivity index (χ2v) is 4.10. The minimum Gasteiger partial charge on any atom is -0.378 e. The average Bonchev–Trinajstić information content (AvgIpc) is 2.77. The molecule has 2 heterocycles. The number of aromatic nitrogens is 1. The Bertz CT molecular complexity index is 327. The molecule has 0 aliphatic carbocycles. The second kappa shape index (κ2) is 5.43. The summed E-state index contributed by atoms with van der Waals surface area (Å²) in [5, 5.41) is 3.89. The first-order valence-electron chi connectivity index (χ1n) is 5.79. The van der Waals surface area contributed by atoms with Crippen LogP contribution in [0, 0.1) is 0 Å². The SMILES string of the molecule is CCC1COCCN1Cc1cc(CN)no1. The molecule has 1 fully saturated rings. The summed E-state index contributed by atoms with van der Waals surface area (Å²) in [6.07, 6.45) is 1.10. The number of nitrogens with zero attached hydrogens (tertiary/aromatic N) is 2. The van der Waals surface area contributed by atoms with Crippen molar-refractivity contribution in [2.75, 3.05) is 19.8 Å². The largest absolute Gasteiger partial charge is 0.378 e. The minimum atomic E-state index is 0.434. The van der Waals surface area contributed by atoms with Crippen LogP contribution in [0.15, 0.2) is 10.6 Å². The van der Waals surface area contributed by atoms with E-state index in [-0.39, 0.29) is 0 Å². The van der Waals surface area contributed by atoms with Gasteiger partial charge in [0.05, 0.1) is 25.5 Å². The molecular weight excluding hydrogens is 206 g/mol. The van der Waals surface area contributed by atoms with Crippen molar-refractivity contribution in [3.05, 3.63) is 17.5 Å². The van der Waals surface area contributed by atoms with Crippen molar-refractivity contribution >= 4 is 0 Å². The van der Waals surface area contributed by atoms with Gasteiger partial charge in [0.2, 0.25) is 0 Å². The van der Waals surface area contributed by atoms with Crippen molar-refractivity contribution in [3.63, 3.8) is 0 Å². The maximum absolute atomic E-state index is 5.49. The Kier molecular flexibility index (Phi) is 3.93. The fourth-order valence-electron chi connectivity index (χ4n) is 2.00. The van der Waals surface area contributed by atoms with Gasteiger partial charge in [-0.05, 0) is 6.42 Å². The average molecular weight is 225 g/mol. The van der Waals surface area contributed by atoms with Gasteiger partial charge >= 0.3 is 0 Å². The molecule has 2 N–H and O–H groups in total. The minimum absolute atomic E-state index is 0.434. The molecule has 0 saturated carbocycles. The summed E-state index contributed by atoms with van der Waals surface area (Å²) in [6, 6.07) is 2.42. The van der Waals surface area contributed by atoms with Crippen molar-refractivity contribution in [2.45, 2.75) is 32.5 Å². The lowest BCUT2D eigenvalue weighted by atomic mass is 10.1. The number of ether oxygens (including phenoxy) is 1. The molecule has 16 heavy (non-hydrogen) atoms. The van der Waals surface area contributed by atoms with Crippen LogP contribution < -0.4 is 5.73 Å². The smallest absolute Gasteiger partial charge is 0.151 e. The maximum Gasteiger partial charge on any atom is 0.151 e. The lowest BCUT2D eigenvalue weighted by molar-refractivity contribution is -0.0160. The van der Waals surface area contributed by atoms with E-state index >= 15 is 0 Å². The third-order valence-corrected chi connectivity index (χ3v) is 3.00. The molecule has 1 aromatic heterocycles. The zero-order valence-corrected chi connectivity index (χ0v) is 9.69. The molecule has 1 aliphatic heterocycles. The van der Waals surface area contributed by atoms with Gasteiger partial charge in [-0.2, -0.15) is 0 Å². The summed E-state index contributed by atoms with van der Waals surface area (Å²) < 4.78 is 10.7. The number of rotatable bonds is 4. The standard InChI is InChI=1S/C11H19N3O2/c1-2-10-8-15-4-3-14(10)7-11-5-9(6-12)13-16-11/h5,10H,2-4,6-8,12H2,1H3. The van der Waals surface area contributed by atoms with Gasteiger partial charge in [-0.25, -0.2) is 0 Å². The van der Waals surface area contributed by atoms with E-state index in [2.05, 4.69) is 17.0 Å². The van der Waals surface area contributed by atoms with Gasteiger partial charge in [0.15, 0.2) is 5.76 Å². The van der Waals surface area contributed by atoms with E-state index in [1.807, 2.05) is 6.07 Å². The second-order valence-electron chi connectivity index (χ2n) is 4.10. The van der Waals surface area contributed by atoms with Gasteiger partial charge in [0, 0.05) is 25.2 Å². The van der Waals surface area contributed by atoms with Crippen molar-refractivity contribution in [1.82, 2.24) is 10.1 Å². The van der Waals surface area contributed by atoms with Gasteiger partial charge in [0.25, 0.3) is 0 Å². The van der Waals surface area contributed by atoms with Crippen molar-refractivity contribution in [1.29, 1.82) is 0 Å². The molecule has 0 spiro atoms. The summed E-state index contributed by atoms with van der Waals surface area (Å²) in [5.74, 6) is 0.890. The third-order valence-electron chi connectivity index (χ3n) is 3.00. The van der Waals surface area contributed by atoms with E-state index < -0.39 is 0 Å². The molecule has 5 nitrogen and oxygen atoms in total. The van der Waals surface area contributed by atoms with E-state index in [1.54, 1.807) is 0 Å². The molecule has 1 atom stereocenters. The molecule has 0 radical (unpaired) electrons. The monoisotopic (exact) mass is 225 g/mol. The first-order chi connectivity index (χ1) is 7.83. The van der Waals surface area contributed by atoms with Crippen LogP contribution in [0.5, 0.6) is 0 Å². The highest BCUT2D eigenvalue weighted by Crippen LogP contribution is 2.15. The summed E-state index contributed by atoms with van der Waals surface area (Å²) in [6.45, 7) is 5.98. The van der Waals surface area contributed by atoms with Gasteiger partial charge in [-0.1, -0.05) is 12.1 Å². The van der Waals surface area contributed by atoms with Crippen LogP contribution in [0.4, 0.5) is 0 Å². The molecule has 0 amide bonds. The summed E-state index contributed by atoms with van der Waals surface area (Å²) in [7, 11) is 0. The fourth-order valence-corrected chi connectivity index (χ4v) is 2.00. The van der Waals surface area contributed by atoms with Crippen molar-refractivity contribution in [2.24, 2.45) is 5.73 Å². The lowest BCUT2D eigenvalue weighted by Crippen LogP contribution is -2.44. The third kappa shape index (κ3) is 2.61. The summed E-state index contributed by atoms with van der Waals surface area (Å²) in [4.78, 5) is 2.38. The maximum atomic E-state index is 5.49. The molecule has 2 rings (SSSR count). The van der Waals surface area contributed by atoms with Gasteiger partial charge in [-0.15, -0.1) is 0 Å². The zero-order valence-electron chi connectivity index (χ0n) is 9.69. The Morgan fingerprint density at radius 3 is 3.19 bits per heavy atom. The summed E-state index contributed by atoms with van der Waals surface area (Å²) >= 11 is 0. The van der Waals surface area contributed by atoms with Crippen molar-refractivity contribution < 1.29 is 9.26 Å². The van der Waals surface area contributed by atoms with Crippen LogP contribution in [0.2, 0.25) is 0 Å². The number of hydrogen-bond donors (Lipinski definition) is 1. The Hall–Kier alpha value is -0.910. The number of hydrogen-bond acceptors (Lipinski definition) is 5. The van der Waals surface area contributed by atoms with Gasteiger partial charge < -0.3 is 15.0 Å². The molecule has 1 aliphatic rings. The van der Waals surface area contributed by atoms with Crippen LogP contribution in [-0.2, 0) is 17.8 Å². The quantitative estimate of drug-likeness (QED) is 0.819. The predicted molar refractivity (Wildman–Crippen MR) is 59.7 cm³/mol. The van der Waals surface area contributed by atoms with Crippen LogP contribution in [0.3, 0.4) is 0 Å². The van der Waals surface area contributed by atoms with Gasteiger partial charge in [-0.3, -0.25) is 4.90 Å². The Balaban J connectivity index is 1.96. The number of morpholine rings is 1. The Morgan fingerprint density at radius 2 is 2.50 bits per heavy atom. The van der Waals surface area contributed by atoms with E-state index in [0.717, 1.165) is 44.2 Å². The molecule has 5 heteroatoms. The molecular formula is C11H19N3O2. The highest BCUT2D eigenvalue weighted by Gasteiger charge is 2.22. The predicted octanol–water partition coefficient (Wildman–Crippen LogP) is 0.744. The number of nitrogens with two attached hydrogens (primary N) is 1. The molecule has 0 bridgehead atoms. The first kappa shape index (κ1) is 11.6. The lowest BCUT2D eigenvalue weighted by Gasteiger charge is -2.34. The zero-order chi connectivity index (χ0) is 11.4. The fraction of sp³-hybridized carbons (Fsp3) is 0.727. The normalized spacial score (nSPS) is 22.5. The molecule has 90 valence electrons. The van der Waals surface area contributed by atoms with E-state index in [4.69, 9.17) is 15.0 Å². The van der Waals surface area contributed by atoms with Gasteiger partial charge in [0.1, 0.15) is 0 Å². The van der Waals surface area contributed by atoms with E-state index in [9.17, 15) is 0 Å². The highest BCUT2D eigenvalue weighted by atomic mass is 16.5. The molecule has 0 aromatic carbocycles. The van der Waals surface area contributed by atoms with Crippen LogP contribution >= 0.6 is 0 Å².